The van der Waals surface area contributed by atoms with Gasteiger partial charge in [-0.05, 0) is 48.4 Å². The Morgan fingerprint density at radius 1 is 1.04 bits per heavy atom. The van der Waals surface area contributed by atoms with Gasteiger partial charge in [0.05, 0.1) is 11.4 Å². The highest BCUT2D eigenvalue weighted by molar-refractivity contribution is 6.32. The Kier molecular flexibility index (Phi) is 5.57. The number of nitrogens with zero attached hydrogens (tertiary/aromatic N) is 2. The van der Waals surface area contributed by atoms with Gasteiger partial charge in [0, 0.05) is 31.9 Å². The topological polar surface area (TPSA) is 42.0 Å². The molecule has 7 heteroatoms. The van der Waals surface area contributed by atoms with Crippen molar-refractivity contribution < 1.29 is 18.7 Å². The molecule has 0 N–H and O–H groups in total. The van der Waals surface area contributed by atoms with Gasteiger partial charge in [-0.1, -0.05) is 11.6 Å². The standard InChI is InChI=1S/C21H22ClFN2O3/c22-18-12-15(13-19-21(18)28-11-10-27-19)14-20(26)25-7-1-6-24(8-9-25)17-4-2-16(23)3-5-17/h2-5,12-13H,1,6-11,14H2. The SMILES string of the molecule is O=C(Cc1cc(Cl)c2c(c1)OCCO2)N1CCCN(c2ccc(F)cc2)CC1. The average Bonchev–Trinajstić information content (AvgIpc) is 2.95. The average molecular weight is 405 g/mol. The molecular formula is C21H22ClFN2O3. The summed E-state index contributed by atoms with van der Waals surface area (Å²) in [7, 11) is 0. The largest absolute Gasteiger partial charge is 0.486 e. The van der Waals surface area contributed by atoms with Gasteiger partial charge in [0.25, 0.3) is 0 Å². The molecule has 0 aromatic heterocycles. The first kappa shape index (κ1) is 18.9. The fourth-order valence-corrected chi connectivity index (χ4v) is 3.92. The fraction of sp³-hybridized carbons (Fsp3) is 0.381. The maximum atomic E-state index is 13.1. The van der Waals surface area contributed by atoms with Crippen molar-refractivity contribution in [2.75, 3.05) is 44.3 Å². The molecule has 0 radical (unpaired) electrons. The normalized spacial score (nSPS) is 16.6. The van der Waals surface area contributed by atoms with Gasteiger partial charge in [-0.15, -0.1) is 0 Å². The molecule has 1 fully saturated rings. The van der Waals surface area contributed by atoms with E-state index >= 15 is 0 Å². The minimum absolute atomic E-state index is 0.0636. The Morgan fingerprint density at radius 2 is 1.82 bits per heavy atom. The van der Waals surface area contributed by atoms with E-state index in [-0.39, 0.29) is 18.1 Å². The quantitative estimate of drug-likeness (QED) is 0.784. The molecular weight excluding hydrogens is 383 g/mol. The number of hydrogen-bond acceptors (Lipinski definition) is 4. The molecule has 2 aliphatic heterocycles. The van der Waals surface area contributed by atoms with Crippen molar-refractivity contribution in [3.63, 3.8) is 0 Å². The third-order valence-electron chi connectivity index (χ3n) is 5.05. The second-order valence-corrected chi connectivity index (χ2v) is 7.38. The number of amides is 1. The lowest BCUT2D eigenvalue weighted by atomic mass is 10.1. The first-order valence-corrected chi connectivity index (χ1v) is 9.84. The second kappa shape index (κ2) is 8.27. The van der Waals surface area contributed by atoms with Gasteiger partial charge in [0.2, 0.25) is 5.91 Å². The Bertz CT molecular complexity index is 859. The summed E-state index contributed by atoms with van der Waals surface area (Å²) in [4.78, 5) is 16.9. The molecule has 0 aliphatic carbocycles. The van der Waals surface area contributed by atoms with Crippen molar-refractivity contribution in [1.82, 2.24) is 4.90 Å². The number of benzene rings is 2. The first-order chi connectivity index (χ1) is 13.6. The van der Waals surface area contributed by atoms with Crippen molar-refractivity contribution in [2.45, 2.75) is 12.8 Å². The number of halogens is 2. The highest BCUT2D eigenvalue weighted by Crippen LogP contribution is 2.38. The van der Waals surface area contributed by atoms with Crippen LogP contribution >= 0.6 is 11.6 Å². The molecule has 2 heterocycles. The summed E-state index contributed by atoms with van der Waals surface area (Å²) in [5.41, 5.74) is 1.80. The van der Waals surface area contributed by atoms with Crippen LogP contribution in [-0.2, 0) is 11.2 Å². The second-order valence-electron chi connectivity index (χ2n) is 6.98. The highest BCUT2D eigenvalue weighted by Gasteiger charge is 2.22. The molecule has 2 aromatic rings. The minimum Gasteiger partial charge on any atom is -0.486 e. The van der Waals surface area contributed by atoms with Crippen LogP contribution in [0, 0.1) is 5.82 Å². The van der Waals surface area contributed by atoms with Gasteiger partial charge < -0.3 is 19.3 Å². The van der Waals surface area contributed by atoms with Crippen molar-refractivity contribution in [3.8, 4) is 11.5 Å². The molecule has 2 aliphatic rings. The van der Waals surface area contributed by atoms with E-state index in [1.807, 2.05) is 11.0 Å². The van der Waals surface area contributed by atoms with Crippen LogP contribution in [0.1, 0.15) is 12.0 Å². The Balaban J connectivity index is 1.40. The van der Waals surface area contributed by atoms with Gasteiger partial charge in [-0.25, -0.2) is 4.39 Å². The van der Waals surface area contributed by atoms with Crippen molar-refractivity contribution in [3.05, 3.63) is 52.8 Å². The molecule has 0 unspecified atom stereocenters. The Labute approximate surface area is 168 Å². The fourth-order valence-electron chi connectivity index (χ4n) is 3.63. The maximum Gasteiger partial charge on any atom is 0.227 e. The molecule has 0 saturated carbocycles. The van der Waals surface area contributed by atoms with E-state index in [1.165, 1.54) is 12.1 Å². The number of anilines is 1. The van der Waals surface area contributed by atoms with Crippen LogP contribution in [0.15, 0.2) is 36.4 Å². The Morgan fingerprint density at radius 3 is 2.64 bits per heavy atom. The molecule has 5 nitrogen and oxygen atoms in total. The summed E-state index contributed by atoms with van der Waals surface area (Å²) in [5, 5.41) is 0.471. The van der Waals surface area contributed by atoms with E-state index < -0.39 is 0 Å². The lowest BCUT2D eigenvalue weighted by molar-refractivity contribution is -0.130. The molecule has 0 atom stereocenters. The predicted molar refractivity (Wildman–Crippen MR) is 106 cm³/mol. The third kappa shape index (κ3) is 4.17. The lowest BCUT2D eigenvalue weighted by Crippen LogP contribution is -2.36. The van der Waals surface area contributed by atoms with E-state index in [2.05, 4.69) is 4.90 Å². The van der Waals surface area contributed by atoms with E-state index in [0.29, 0.717) is 42.8 Å². The summed E-state index contributed by atoms with van der Waals surface area (Å²) in [5.74, 6) is 0.968. The molecule has 1 saturated heterocycles. The molecule has 0 bridgehead atoms. The van der Waals surface area contributed by atoms with E-state index in [1.54, 1.807) is 18.2 Å². The summed E-state index contributed by atoms with van der Waals surface area (Å²) >= 11 is 6.28. The molecule has 0 spiro atoms. The summed E-state index contributed by atoms with van der Waals surface area (Å²) < 4.78 is 24.3. The first-order valence-electron chi connectivity index (χ1n) is 9.46. The zero-order chi connectivity index (χ0) is 19.5. The zero-order valence-corrected chi connectivity index (χ0v) is 16.3. The molecule has 148 valence electrons. The van der Waals surface area contributed by atoms with Gasteiger partial charge in [-0.2, -0.15) is 0 Å². The van der Waals surface area contributed by atoms with Crippen molar-refractivity contribution in [2.24, 2.45) is 0 Å². The van der Waals surface area contributed by atoms with Gasteiger partial charge in [-0.3, -0.25) is 4.79 Å². The monoisotopic (exact) mass is 404 g/mol. The van der Waals surface area contributed by atoms with Crippen LogP contribution in [-0.4, -0.2) is 50.2 Å². The van der Waals surface area contributed by atoms with Crippen LogP contribution in [0.5, 0.6) is 11.5 Å². The maximum absolute atomic E-state index is 13.1. The predicted octanol–water partition coefficient (Wildman–Crippen LogP) is 3.53. The zero-order valence-electron chi connectivity index (χ0n) is 15.5. The van der Waals surface area contributed by atoms with Gasteiger partial charge in [0.1, 0.15) is 19.0 Å². The number of ether oxygens (including phenoxy) is 2. The van der Waals surface area contributed by atoms with Crippen LogP contribution in [0.25, 0.3) is 0 Å². The highest BCUT2D eigenvalue weighted by atomic mass is 35.5. The number of carbonyl (C=O) groups excluding carboxylic acids is 1. The number of rotatable bonds is 3. The smallest absolute Gasteiger partial charge is 0.227 e. The molecule has 2 aromatic carbocycles. The van der Waals surface area contributed by atoms with Crippen LogP contribution in [0.2, 0.25) is 5.02 Å². The summed E-state index contributed by atoms with van der Waals surface area (Å²) in [6.07, 6.45) is 1.14. The van der Waals surface area contributed by atoms with Gasteiger partial charge in [0.15, 0.2) is 11.5 Å². The molecule has 4 rings (SSSR count). The van der Waals surface area contributed by atoms with E-state index in [9.17, 15) is 9.18 Å². The summed E-state index contributed by atoms with van der Waals surface area (Å²) in [6, 6.07) is 10.1. The van der Waals surface area contributed by atoms with Crippen molar-refractivity contribution in [1.29, 1.82) is 0 Å². The molecule has 28 heavy (non-hydrogen) atoms. The van der Waals surface area contributed by atoms with Gasteiger partial charge >= 0.3 is 0 Å². The molecule has 1 amide bonds. The number of carbonyl (C=O) groups is 1. The number of fused-ring (bicyclic) bond motifs is 1. The van der Waals surface area contributed by atoms with Crippen LogP contribution in [0.4, 0.5) is 10.1 Å². The van der Waals surface area contributed by atoms with Crippen molar-refractivity contribution >= 4 is 23.2 Å². The minimum atomic E-state index is -0.242. The summed E-state index contributed by atoms with van der Waals surface area (Å²) in [6.45, 7) is 3.85. The number of hydrogen-bond donors (Lipinski definition) is 0. The van der Waals surface area contributed by atoms with Crippen LogP contribution in [0.3, 0.4) is 0 Å². The Hall–Kier alpha value is -2.47. The lowest BCUT2D eigenvalue weighted by Gasteiger charge is -2.24. The van der Waals surface area contributed by atoms with E-state index in [0.717, 1.165) is 30.8 Å². The third-order valence-corrected chi connectivity index (χ3v) is 5.33. The van der Waals surface area contributed by atoms with Crippen LogP contribution < -0.4 is 14.4 Å². The van der Waals surface area contributed by atoms with E-state index in [4.69, 9.17) is 21.1 Å².